The molecule has 2 saturated heterocycles. The molecular formula is C16H26Cl2N4O. The summed E-state index contributed by atoms with van der Waals surface area (Å²) in [7, 11) is 0. The second kappa shape index (κ2) is 9.96. The van der Waals surface area contributed by atoms with Crippen LogP contribution in [0.3, 0.4) is 0 Å². The van der Waals surface area contributed by atoms with Gasteiger partial charge in [-0.3, -0.25) is 4.79 Å². The summed E-state index contributed by atoms with van der Waals surface area (Å²) in [6, 6.07) is 4.15. The van der Waals surface area contributed by atoms with Gasteiger partial charge in [-0.1, -0.05) is 0 Å². The van der Waals surface area contributed by atoms with E-state index in [1.165, 1.54) is 25.7 Å². The summed E-state index contributed by atoms with van der Waals surface area (Å²) in [5.41, 5.74) is 0.706. The van der Waals surface area contributed by atoms with E-state index in [1.807, 2.05) is 12.1 Å². The molecule has 0 bridgehead atoms. The first-order valence-electron chi connectivity index (χ1n) is 8.06. The quantitative estimate of drug-likeness (QED) is 0.865. The number of halogens is 2. The van der Waals surface area contributed by atoms with Gasteiger partial charge < -0.3 is 15.5 Å². The summed E-state index contributed by atoms with van der Waals surface area (Å²) in [6.07, 6.45) is 7.77. The van der Waals surface area contributed by atoms with Gasteiger partial charge in [0.1, 0.15) is 5.82 Å². The third-order valence-electron chi connectivity index (χ3n) is 4.36. The van der Waals surface area contributed by atoms with Gasteiger partial charge in [0.2, 0.25) is 0 Å². The molecule has 1 amide bonds. The van der Waals surface area contributed by atoms with Crippen molar-refractivity contribution in [3.63, 3.8) is 0 Å². The number of carbonyl (C=O) groups is 1. The Kier molecular flexibility index (Phi) is 8.66. The summed E-state index contributed by atoms with van der Waals surface area (Å²) >= 11 is 0. The molecule has 0 radical (unpaired) electrons. The van der Waals surface area contributed by atoms with E-state index in [-0.39, 0.29) is 30.7 Å². The van der Waals surface area contributed by atoms with Gasteiger partial charge in [-0.25, -0.2) is 4.98 Å². The average Bonchev–Trinajstić information content (AvgIpc) is 3.07. The van der Waals surface area contributed by atoms with Crippen LogP contribution in [0.25, 0.3) is 0 Å². The van der Waals surface area contributed by atoms with Crippen molar-refractivity contribution in [3.05, 3.63) is 23.9 Å². The molecule has 0 aliphatic carbocycles. The van der Waals surface area contributed by atoms with Crippen LogP contribution >= 0.6 is 24.8 Å². The normalized spacial score (nSPS) is 20.3. The Morgan fingerprint density at radius 2 is 2.04 bits per heavy atom. The smallest absolute Gasteiger partial charge is 0.255 e. The molecular weight excluding hydrogens is 335 g/mol. The zero-order chi connectivity index (χ0) is 14.5. The van der Waals surface area contributed by atoms with Crippen LogP contribution in [0, 0.1) is 0 Å². The Morgan fingerprint density at radius 1 is 1.26 bits per heavy atom. The summed E-state index contributed by atoms with van der Waals surface area (Å²) in [6.45, 7) is 3.77. The number of hydrogen-bond donors (Lipinski definition) is 2. The second-order valence-corrected chi connectivity index (χ2v) is 5.93. The number of piperidine rings is 1. The minimum atomic E-state index is -0.00243. The van der Waals surface area contributed by atoms with Crippen LogP contribution in [-0.4, -0.2) is 43.1 Å². The Morgan fingerprint density at radius 3 is 2.74 bits per heavy atom. The molecule has 7 heteroatoms. The number of pyridine rings is 1. The van der Waals surface area contributed by atoms with Gasteiger partial charge in [0.25, 0.3) is 5.91 Å². The average molecular weight is 361 g/mol. The molecule has 130 valence electrons. The molecule has 0 aromatic carbocycles. The standard InChI is InChI=1S/C16H24N4O.2ClH/c21-16(19-12-13-6-4-8-17-13)14-7-5-9-18-15(14)20-10-2-1-3-11-20;;/h5,7,9,13,17H,1-4,6,8,10-12H2,(H,19,21);2*1H. The highest BCUT2D eigenvalue weighted by molar-refractivity contribution is 5.98. The summed E-state index contributed by atoms with van der Waals surface area (Å²) < 4.78 is 0. The van der Waals surface area contributed by atoms with Crippen LogP contribution in [0.15, 0.2) is 18.3 Å². The van der Waals surface area contributed by atoms with E-state index in [0.29, 0.717) is 18.2 Å². The van der Waals surface area contributed by atoms with Gasteiger partial charge in [-0.15, -0.1) is 24.8 Å². The lowest BCUT2D eigenvalue weighted by Crippen LogP contribution is -2.38. The highest BCUT2D eigenvalue weighted by Gasteiger charge is 2.21. The van der Waals surface area contributed by atoms with Gasteiger partial charge in [-0.2, -0.15) is 0 Å². The van der Waals surface area contributed by atoms with Crippen LogP contribution in [0.4, 0.5) is 5.82 Å². The van der Waals surface area contributed by atoms with E-state index < -0.39 is 0 Å². The van der Waals surface area contributed by atoms with E-state index in [9.17, 15) is 4.79 Å². The van der Waals surface area contributed by atoms with Crippen molar-refractivity contribution in [1.82, 2.24) is 15.6 Å². The molecule has 1 atom stereocenters. The zero-order valence-corrected chi connectivity index (χ0v) is 14.9. The Labute approximate surface area is 150 Å². The Bertz CT molecular complexity index is 489. The summed E-state index contributed by atoms with van der Waals surface area (Å²) in [4.78, 5) is 19.2. The molecule has 3 rings (SSSR count). The summed E-state index contributed by atoms with van der Waals surface area (Å²) in [5, 5.41) is 6.45. The molecule has 23 heavy (non-hydrogen) atoms. The molecule has 1 aromatic rings. The SMILES string of the molecule is Cl.Cl.O=C(NCC1CCCN1)c1cccnc1N1CCCCC1. The molecule has 0 saturated carbocycles. The zero-order valence-electron chi connectivity index (χ0n) is 13.3. The number of amides is 1. The number of aromatic nitrogens is 1. The Hall–Kier alpha value is -1.04. The van der Waals surface area contributed by atoms with Crippen molar-refractivity contribution in [1.29, 1.82) is 0 Å². The molecule has 2 N–H and O–H groups in total. The fourth-order valence-corrected chi connectivity index (χ4v) is 3.17. The highest BCUT2D eigenvalue weighted by atomic mass is 35.5. The monoisotopic (exact) mass is 360 g/mol. The van der Waals surface area contributed by atoms with Crippen molar-refractivity contribution >= 4 is 36.5 Å². The predicted octanol–water partition coefficient (Wildman–Crippen LogP) is 2.40. The van der Waals surface area contributed by atoms with Crippen molar-refractivity contribution in [2.24, 2.45) is 0 Å². The van der Waals surface area contributed by atoms with E-state index >= 15 is 0 Å². The van der Waals surface area contributed by atoms with Gasteiger partial charge in [-0.05, 0) is 50.8 Å². The molecule has 5 nitrogen and oxygen atoms in total. The summed E-state index contributed by atoms with van der Waals surface area (Å²) in [5.74, 6) is 0.839. The van der Waals surface area contributed by atoms with Crippen LogP contribution in [-0.2, 0) is 0 Å². The molecule has 2 aliphatic heterocycles. The van der Waals surface area contributed by atoms with Crippen molar-refractivity contribution in [2.45, 2.75) is 38.1 Å². The lowest BCUT2D eigenvalue weighted by atomic mass is 10.1. The maximum absolute atomic E-state index is 12.5. The van der Waals surface area contributed by atoms with Gasteiger partial charge in [0, 0.05) is 31.9 Å². The predicted molar refractivity (Wildman–Crippen MR) is 98.2 cm³/mol. The molecule has 1 aromatic heterocycles. The van der Waals surface area contributed by atoms with Crippen molar-refractivity contribution in [3.8, 4) is 0 Å². The minimum Gasteiger partial charge on any atom is -0.356 e. The first kappa shape index (κ1) is 20.0. The van der Waals surface area contributed by atoms with Crippen LogP contribution < -0.4 is 15.5 Å². The first-order chi connectivity index (χ1) is 10.3. The molecule has 3 heterocycles. The van der Waals surface area contributed by atoms with Crippen LogP contribution in [0.2, 0.25) is 0 Å². The fourth-order valence-electron chi connectivity index (χ4n) is 3.17. The van der Waals surface area contributed by atoms with E-state index in [0.717, 1.165) is 31.9 Å². The number of anilines is 1. The maximum atomic E-state index is 12.5. The van der Waals surface area contributed by atoms with Crippen LogP contribution in [0.5, 0.6) is 0 Å². The van der Waals surface area contributed by atoms with E-state index in [2.05, 4.69) is 20.5 Å². The number of rotatable bonds is 4. The van der Waals surface area contributed by atoms with E-state index in [1.54, 1.807) is 6.20 Å². The first-order valence-corrected chi connectivity index (χ1v) is 8.06. The molecule has 2 fully saturated rings. The fraction of sp³-hybridized carbons (Fsp3) is 0.625. The largest absolute Gasteiger partial charge is 0.356 e. The second-order valence-electron chi connectivity index (χ2n) is 5.93. The third-order valence-corrected chi connectivity index (χ3v) is 4.36. The highest BCUT2D eigenvalue weighted by Crippen LogP contribution is 2.21. The number of nitrogens with zero attached hydrogens (tertiary/aromatic N) is 2. The lowest BCUT2D eigenvalue weighted by Gasteiger charge is -2.29. The molecule has 1 unspecified atom stereocenters. The third kappa shape index (κ3) is 5.23. The molecule has 2 aliphatic rings. The van der Waals surface area contributed by atoms with Crippen LogP contribution in [0.1, 0.15) is 42.5 Å². The van der Waals surface area contributed by atoms with E-state index in [4.69, 9.17) is 0 Å². The number of hydrogen-bond acceptors (Lipinski definition) is 4. The van der Waals surface area contributed by atoms with Gasteiger partial charge >= 0.3 is 0 Å². The van der Waals surface area contributed by atoms with Gasteiger partial charge in [0.15, 0.2) is 0 Å². The topological polar surface area (TPSA) is 57.3 Å². The van der Waals surface area contributed by atoms with Crippen molar-refractivity contribution in [2.75, 3.05) is 31.1 Å². The van der Waals surface area contributed by atoms with Crippen molar-refractivity contribution < 1.29 is 4.79 Å². The lowest BCUT2D eigenvalue weighted by molar-refractivity contribution is 0.0950. The molecule has 0 spiro atoms. The maximum Gasteiger partial charge on any atom is 0.255 e. The number of nitrogens with one attached hydrogen (secondary N) is 2. The number of carbonyl (C=O) groups excluding carboxylic acids is 1. The van der Waals surface area contributed by atoms with Gasteiger partial charge in [0.05, 0.1) is 5.56 Å². The minimum absolute atomic E-state index is 0. The Balaban J connectivity index is 0.00000132.